The Labute approximate surface area is 284 Å². The van der Waals surface area contributed by atoms with Gasteiger partial charge in [0, 0.05) is 51.9 Å². The van der Waals surface area contributed by atoms with E-state index in [1.54, 1.807) is 42.0 Å². The number of carbonyl (C=O) groups excluding carboxylic acids is 1. The van der Waals surface area contributed by atoms with Gasteiger partial charge < -0.3 is 20.0 Å². The zero-order valence-corrected chi connectivity index (χ0v) is 29.7. The van der Waals surface area contributed by atoms with Crippen LogP contribution in [0.2, 0.25) is 5.02 Å². The van der Waals surface area contributed by atoms with Gasteiger partial charge in [-0.25, -0.2) is 18.2 Å². The molecule has 0 unspecified atom stereocenters. The van der Waals surface area contributed by atoms with Crippen LogP contribution in [0.15, 0.2) is 42.5 Å². The SMILES string of the molecule is CC.CC.CC(=O)O.CF.CO.Cc1cccc(F)c1N(C)c1cc(-c2cc(F)c(Cl)c(F)c2)nc2cc(C(=O)N3CCCCC3)nn12. The smallest absolute Gasteiger partial charge is 0.300 e. The molecular formula is C34H46ClF4N5O4. The highest BCUT2D eigenvalue weighted by Gasteiger charge is 2.24. The maximum atomic E-state index is 14.9. The van der Waals surface area contributed by atoms with Gasteiger partial charge in [-0.2, -0.15) is 9.61 Å². The van der Waals surface area contributed by atoms with Gasteiger partial charge in [0.2, 0.25) is 0 Å². The molecule has 1 aliphatic heterocycles. The Kier molecular flexibility index (Phi) is 20.4. The minimum Gasteiger partial charge on any atom is -0.481 e. The fourth-order valence-electron chi connectivity index (χ4n) is 4.57. The first kappa shape index (κ1) is 43.8. The number of fused-ring (bicyclic) bond motifs is 1. The van der Waals surface area contributed by atoms with Crippen molar-refractivity contribution < 1.29 is 37.4 Å². The fourth-order valence-corrected chi connectivity index (χ4v) is 4.68. The molecule has 1 saturated heterocycles. The molecule has 0 saturated carbocycles. The van der Waals surface area contributed by atoms with Crippen molar-refractivity contribution in [3.8, 4) is 11.3 Å². The Morgan fingerprint density at radius 2 is 1.42 bits per heavy atom. The standard InChI is InChI=1S/C26H23ClF3N5O.C2H4O2.2C2H6.CH3F.CH4O/c1-15-7-6-8-17(28)25(15)33(2)23-14-20(16-11-18(29)24(27)19(30)12-16)31-22-13-21(32-35(22)23)26(36)34-9-4-3-5-10-34;1-2(3)4;4*1-2/h6-8,11-14H,3-5,9-10H2,1-2H3;1H3,(H,3,4);2*1-2H3;1H3;2H,1H3. The molecule has 2 N–H and O–H groups in total. The molecule has 1 fully saturated rings. The van der Waals surface area contributed by atoms with Gasteiger partial charge in [0.1, 0.15) is 28.3 Å². The first-order valence-electron chi connectivity index (χ1n) is 15.3. The lowest BCUT2D eigenvalue weighted by atomic mass is 10.1. The van der Waals surface area contributed by atoms with E-state index in [1.165, 1.54) is 16.6 Å². The Hall–Kier alpha value is -4.23. The van der Waals surface area contributed by atoms with Crippen molar-refractivity contribution in [1.29, 1.82) is 0 Å². The number of carbonyl (C=O) groups is 2. The largest absolute Gasteiger partial charge is 0.481 e. The Balaban J connectivity index is 0.00000164. The first-order chi connectivity index (χ1) is 23.0. The van der Waals surface area contributed by atoms with Crippen LogP contribution in [-0.4, -0.2) is 76.0 Å². The summed E-state index contributed by atoms with van der Waals surface area (Å²) in [7, 11) is 3.15. The third-order valence-electron chi connectivity index (χ3n) is 6.42. The molecule has 0 bridgehead atoms. The predicted octanol–water partition coefficient (Wildman–Crippen LogP) is 8.51. The normalized spacial score (nSPS) is 11.4. The molecule has 14 heteroatoms. The number of carboxylic acids is 1. The lowest BCUT2D eigenvalue weighted by Gasteiger charge is -2.25. The second kappa shape index (κ2) is 22.4. The number of halogens is 5. The van der Waals surface area contributed by atoms with E-state index in [9.17, 15) is 22.4 Å². The molecule has 2 aromatic carbocycles. The number of nitrogens with zero attached hydrogens (tertiary/aromatic N) is 5. The van der Waals surface area contributed by atoms with Crippen LogP contribution in [0.25, 0.3) is 16.9 Å². The minimum absolute atomic E-state index is 0.141. The number of likely N-dealkylation sites (tertiary alicyclic amines) is 1. The van der Waals surface area contributed by atoms with Crippen molar-refractivity contribution in [3.05, 3.63) is 76.2 Å². The van der Waals surface area contributed by atoms with Gasteiger partial charge in [0.15, 0.2) is 11.3 Å². The Bertz CT molecular complexity index is 1550. The van der Waals surface area contributed by atoms with Gasteiger partial charge in [-0.05, 0) is 49.9 Å². The number of aryl methyl sites for hydroxylation is 1. The second-order valence-electron chi connectivity index (χ2n) is 9.39. The molecule has 266 valence electrons. The van der Waals surface area contributed by atoms with Gasteiger partial charge in [-0.3, -0.25) is 14.0 Å². The highest BCUT2D eigenvalue weighted by Crippen LogP contribution is 2.34. The first-order valence-corrected chi connectivity index (χ1v) is 15.7. The Morgan fingerprint density at radius 3 is 1.92 bits per heavy atom. The third kappa shape index (κ3) is 11.5. The number of carboxylic acid groups (broad SMARTS) is 1. The van der Waals surface area contributed by atoms with E-state index < -0.39 is 28.4 Å². The van der Waals surface area contributed by atoms with E-state index in [1.807, 2.05) is 27.7 Å². The molecule has 5 rings (SSSR count). The third-order valence-corrected chi connectivity index (χ3v) is 6.78. The summed E-state index contributed by atoms with van der Waals surface area (Å²) in [4.78, 5) is 30.0. The van der Waals surface area contributed by atoms with Crippen molar-refractivity contribution in [2.24, 2.45) is 0 Å². The second-order valence-corrected chi connectivity index (χ2v) is 9.77. The molecule has 0 aliphatic carbocycles. The fraction of sp³-hybridized carbons (Fsp3) is 0.412. The molecule has 2 aromatic heterocycles. The number of alkyl halides is 1. The predicted molar refractivity (Wildman–Crippen MR) is 183 cm³/mol. The minimum atomic E-state index is -0.928. The van der Waals surface area contributed by atoms with Crippen molar-refractivity contribution in [2.45, 2.75) is 60.8 Å². The number of aliphatic hydroxyl groups excluding tert-OH is 1. The van der Waals surface area contributed by atoms with Gasteiger partial charge in [0.25, 0.3) is 11.9 Å². The number of hydrogen-bond donors (Lipinski definition) is 2. The van der Waals surface area contributed by atoms with E-state index in [0.29, 0.717) is 37.3 Å². The van der Waals surface area contributed by atoms with Gasteiger partial charge in [-0.1, -0.05) is 51.4 Å². The lowest BCUT2D eigenvalue weighted by Crippen LogP contribution is -2.35. The molecule has 0 radical (unpaired) electrons. The van der Waals surface area contributed by atoms with Crippen LogP contribution in [-0.2, 0) is 4.79 Å². The summed E-state index contributed by atoms with van der Waals surface area (Å²) in [6, 6.07) is 9.97. The number of piperidine rings is 1. The molecular weight excluding hydrogens is 654 g/mol. The number of aromatic nitrogens is 3. The number of aliphatic hydroxyl groups is 1. The van der Waals surface area contributed by atoms with Crippen LogP contribution in [0.3, 0.4) is 0 Å². The summed E-state index contributed by atoms with van der Waals surface area (Å²) in [6.45, 7) is 12.2. The maximum absolute atomic E-state index is 14.9. The van der Waals surface area contributed by atoms with E-state index in [4.69, 9.17) is 26.6 Å². The summed E-state index contributed by atoms with van der Waals surface area (Å²) in [5.74, 6) is -3.01. The summed E-state index contributed by atoms with van der Waals surface area (Å²) < 4.78 is 54.3. The Morgan fingerprint density at radius 1 is 0.896 bits per heavy atom. The van der Waals surface area contributed by atoms with Crippen LogP contribution < -0.4 is 4.90 Å². The number of benzene rings is 2. The molecule has 4 aromatic rings. The van der Waals surface area contributed by atoms with Gasteiger partial charge in [0.05, 0.1) is 18.6 Å². The zero-order valence-electron chi connectivity index (χ0n) is 28.9. The molecule has 48 heavy (non-hydrogen) atoms. The number of hydrogen-bond acceptors (Lipinski definition) is 6. The number of rotatable bonds is 4. The molecule has 3 heterocycles. The zero-order chi connectivity index (χ0) is 37.1. The summed E-state index contributed by atoms with van der Waals surface area (Å²) >= 11 is 5.66. The summed E-state index contributed by atoms with van der Waals surface area (Å²) in [5, 5.41) is 18.3. The van der Waals surface area contributed by atoms with E-state index in [-0.39, 0.29) is 28.5 Å². The molecule has 0 spiro atoms. The molecule has 9 nitrogen and oxygen atoms in total. The van der Waals surface area contributed by atoms with E-state index in [0.717, 1.165) is 45.4 Å². The van der Waals surface area contributed by atoms with E-state index in [2.05, 4.69) is 10.1 Å². The molecule has 1 amide bonds. The van der Waals surface area contributed by atoms with Gasteiger partial charge in [-0.15, -0.1) is 0 Å². The number of aliphatic carboxylic acids is 1. The maximum Gasteiger partial charge on any atom is 0.300 e. The molecule has 1 aliphatic rings. The summed E-state index contributed by atoms with van der Waals surface area (Å²) in [6.07, 6.45) is 2.93. The topological polar surface area (TPSA) is 111 Å². The van der Waals surface area contributed by atoms with Crippen LogP contribution in [0.1, 0.15) is 69.9 Å². The van der Waals surface area contributed by atoms with Crippen LogP contribution in [0.5, 0.6) is 0 Å². The monoisotopic (exact) mass is 699 g/mol. The average molecular weight is 700 g/mol. The average Bonchev–Trinajstić information content (AvgIpc) is 3.54. The number of para-hydroxylation sites is 1. The lowest BCUT2D eigenvalue weighted by molar-refractivity contribution is -0.134. The van der Waals surface area contributed by atoms with Crippen molar-refractivity contribution >= 4 is 40.6 Å². The van der Waals surface area contributed by atoms with Crippen LogP contribution >= 0.6 is 11.6 Å². The number of amides is 1. The van der Waals surface area contributed by atoms with Crippen LogP contribution in [0.4, 0.5) is 29.1 Å². The van der Waals surface area contributed by atoms with E-state index >= 15 is 0 Å². The highest BCUT2D eigenvalue weighted by atomic mass is 35.5. The highest BCUT2D eigenvalue weighted by molar-refractivity contribution is 6.31. The number of anilines is 2. The van der Waals surface area contributed by atoms with Crippen LogP contribution in [0, 0.1) is 24.4 Å². The van der Waals surface area contributed by atoms with Gasteiger partial charge >= 0.3 is 0 Å². The van der Waals surface area contributed by atoms with Crippen molar-refractivity contribution in [2.75, 3.05) is 39.3 Å². The molecule has 0 atom stereocenters. The van der Waals surface area contributed by atoms with Crippen molar-refractivity contribution in [3.63, 3.8) is 0 Å². The summed E-state index contributed by atoms with van der Waals surface area (Å²) in [5.41, 5.74) is 1.79. The quantitative estimate of drug-likeness (QED) is 0.162. The van der Waals surface area contributed by atoms with Crippen molar-refractivity contribution in [1.82, 2.24) is 19.5 Å².